The quantitative estimate of drug-likeness (QED) is 0.192. The number of benzene rings is 7. The van der Waals surface area contributed by atoms with E-state index < -0.39 is 7.14 Å². The van der Waals surface area contributed by atoms with Gasteiger partial charge < -0.3 is 9.13 Å². The molecule has 0 bridgehead atoms. The SMILES string of the molecule is O=P1(c2ccccc2)c2ccccc2-c2c1ccc1c3ccccc3n(-c3ccc4c(c3)-c3cccc5cccc-4c35)c21. The first-order chi connectivity index (χ1) is 21.2. The normalized spacial score (nSPS) is 16.1. The van der Waals surface area contributed by atoms with Crippen LogP contribution in [-0.4, -0.2) is 4.57 Å². The molecule has 1 atom stereocenters. The monoisotopic (exact) mass is 565 g/mol. The summed E-state index contributed by atoms with van der Waals surface area (Å²) in [5.41, 5.74) is 10.7. The highest BCUT2D eigenvalue weighted by atomic mass is 31.2. The summed E-state index contributed by atoms with van der Waals surface area (Å²) in [7, 11) is -3.06. The van der Waals surface area contributed by atoms with Crippen molar-refractivity contribution < 1.29 is 4.57 Å². The van der Waals surface area contributed by atoms with Crippen LogP contribution in [-0.2, 0) is 4.57 Å². The van der Waals surface area contributed by atoms with Crippen molar-refractivity contribution in [1.82, 2.24) is 4.57 Å². The van der Waals surface area contributed by atoms with Crippen LogP contribution in [0.5, 0.6) is 0 Å². The summed E-state index contributed by atoms with van der Waals surface area (Å²) in [6, 6.07) is 51.4. The van der Waals surface area contributed by atoms with Gasteiger partial charge in [-0.2, -0.15) is 0 Å². The van der Waals surface area contributed by atoms with Crippen LogP contribution in [0.15, 0.2) is 146 Å². The first kappa shape index (κ1) is 23.4. The molecule has 43 heavy (non-hydrogen) atoms. The molecule has 0 spiro atoms. The van der Waals surface area contributed by atoms with Crippen LogP contribution < -0.4 is 15.9 Å². The van der Waals surface area contributed by atoms with E-state index in [0.717, 1.165) is 43.8 Å². The van der Waals surface area contributed by atoms with Gasteiger partial charge >= 0.3 is 0 Å². The van der Waals surface area contributed by atoms with Crippen molar-refractivity contribution in [3.8, 4) is 39.1 Å². The van der Waals surface area contributed by atoms with E-state index in [1.54, 1.807) is 0 Å². The zero-order valence-corrected chi connectivity index (χ0v) is 24.1. The molecule has 1 aliphatic carbocycles. The third-order valence-corrected chi connectivity index (χ3v) is 12.7. The van der Waals surface area contributed by atoms with Crippen LogP contribution in [0.3, 0.4) is 0 Å². The molecular weight excluding hydrogens is 541 g/mol. The van der Waals surface area contributed by atoms with E-state index in [9.17, 15) is 0 Å². The van der Waals surface area contributed by atoms with Crippen LogP contribution in [0, 0.1) is 0 Å². The van der Waals surface area contributed by atoms with E-state index >= 15 is 4.57 Å². The zero-order valence-electron chi connectivity index (χ0n) is 23.2. The van der Waals surface area contributed by atoms with E-state index in [-0.39, 0.29) is 0 Å². The Morgan fingerprint density at radius 1 is 0.488 bits per heavy atom. The molecule has 1 aromatic heterocycles. The summed E-state index contributed by atoms with van der Waals surface area (Å²) in [5.74, 6) is 0. The van der Waals surface area contributed by atoms with Gasteiger partial charge in [0.05, 0.1) is 11.0 Å². The average molecular weight is 566 g/mol. The number of para-hydroxylation sites is 1. The Balaban J connectivity index is 1.34. The molecule has 0 fully saturated rings. The molecule has 0 radical (unpaired) electrons. The molecule has 8 aromatic rings. The van der Waals surface area contributed by atoms with Crippen LogP contribution in [0.25, 0.3) is 71.6 Å². The molecule has 0 saturated heterocycles. The average Bonchev–Trinajstić information content (AvgIpc) is 3.67. The Bertz CT molecular complexity index is 2530. The van der Waals surface area contributed by atoms with E-state index in [1.807, 2.05) is 36.4 Å². The van der Waals surface area contributed by atoms with Gasteiger partial charge in [-0.25, -0.2) is 0 Å². The van der Waals surface area contributed by atoms with Gasteiger partial charge in [0.2, 0.25) is 0 Å². The summed E-state index contributed by atoms with van der Waals surface area (Å²) in [6.07, 6.45) is 0. The molecule has 2 aliphatic rings. The molecule has 1 aliphatic heterocycles. The third-order valence-electron chi connectivity index (χ3n) is 9.53. The smallest absolute Gasteiger partial charge is 0.172 e. The molecule has 200 valence electrons. The summed E-state index contributed by atoms with van der Waals surface area (Å²) in [4.78, 5) is 0. The van der Waals surface area contributed by atoms with Crippen LogP contribution in [0.2, 0.25) is 0 Å². The Labute approximate surface area is 248 Å². The molecule has 2 nitrogen and oxygen atoms in total. The van der Waals surface area contributed by atoms with Gasteiger partial charge in [-0.3, -0.25) is 0 Å². The van der Waals surface area contributed by atoms with Crippen molar-refractivity contribution in [2.45, 2.75) is 0 Å². The minimum atomic E-state index is -3.06. The number of aromatic nitrogens is 1. The number of hydrogen-bond donors (Lipinski definition) is 0. The highest BCUT2D eigenvalue weighted by Crippen LogP contribution is 2.55. The van der Waals surface area contributed by atoms with E-state index in [1.165, 1.54) is 43.8 Å². The second kappa shape index (κ2) is 8.22. The van der Waals surface area contributed by atoms with Gasteiger partial charge in [0, 0.05) is 37.9 Å². The predicted molar refractivity (Wildman–Crippen MR) is 181 cm³/mol. The minimum Gasteiger partial charge on any atom is -0.309 e. The maximum absolute atomic E-state index is 15.3. The molecule has 2 heterocycles. The van der Waals surface area contributed by atoms with Crippen molar-refractivity contribution in [2.75, 3.05) is 0 Å². The van der Waals surface area contributed by atoms with Crippen LogP contribution >= 0.6 is 7.14 Å². The first-order valence-electron chi connectivity index (χ1n) is 14.7. The van der Waals surface area contributed by atoms with E-state index in [2.05, 4.69) is 114 Å². The highest BCUT2D eigenvalue weighted by Gasteiger charge is 2.41. The molecule has 7 aromatic carbocycles. The Kier molecular flexibility index (Phi) is 4.47. The van der Waals surface area contributed by atoms with Gasteiger partial charge in [0.25, 0.3) is 0 Å². The molecule has 3 heteroatoms. The van der Waals surface area contributed by atoms with Crippen molar-refractivity contribution in [3.63, 3.8) is 0 Å². The number of fused-ring (bicyclic) bond motifs is 10. The van der Waals surface area contributed by atoms with Gasteiger partial charge in [0.15, 0.2) is 7.14 Å². The lowest BCUT2D eigenvalue weighted by Crippen LogP contribution is -2.20. The third kappa shape index (κ3) is 2.87. The molecular formula is C40H24NOP. The number of hydrogen-bond acceptors (Lipinski definition) is 1. The Morgan fingerprint density at radius 3 is 2.07 bits per heavy atom. The van der Waals surface area contributed by atoms with Crippen molar-refractivity contribution >= 4 is 55.6 Å². The van der Waals surface area contributed by atoms with Crippen molar-refractivity contribution in [3.05, 3.63) is 146 Å². The fourth-order valence-electron chi connectivity index (χ4n) is 7.77. The van der Waals surface area contributed by atoms with E-state index in [4.69, 9.17) is 0 Å². The summed E-state index contributed by atoms with van der Waals surface area (Å²) in [5, 5.41) is 7.72. The maximum atomic E-state index is 15.3. The lowest BCUT2D eigenvalue weighted by molar-refractivity contribution is 0.593. The fourth-order valence-corrected chi connectivity index (χ4v) is 10.8. The largest absolute Gasteiger partial charge is 0.309 e. The molecule has 0 saturated carbocycles. The Hall–Kier alpha value is -5.17. The van der Waals surface area contributed by atoms with Crippen molar-refractivity contribution in [2.24, 2.45) is 0 Å². The van der Waals surface area contributed by atoms with Gasteiger partial charge in [-0.05, 0) is 62.9 Å². The molecule has 0 amide bonds. The topological polar surface area (TPSA) is 22.0 Å². The van der Waals surface area contributed by atoms with Gasteiger partial charge in [-0.15, -0.1) is 0 Å². The second-order valence-electron chi connectivity index (χ2n) is 11.6. The summed E-state index contributed by atoms with van der Waals surface area (Å²) < 4.78 is 17.7. The Morgan fingerprint density at radius 2 is 1.21 bits per heavy atom. The van der Waals surface area contributed by atoms with Crippen LogP contribution in [0.1, 0.15) is 0 Å². The molecule has 1 unspecified atom stereocenters. The second-order valence-corrected chi connectivity index (χ2v) is 14.3. The molecule has 0 N–H and O–H groups in total. The lowest BCUT2D eigenvalue weighted by Gasteiger charge is -2.16. The van der Waals surface area contributed by atoms with Gasteiger partial charge in [-0.1, -0.05) is 121 Å². The minimum absolute atomic E-state index is 0.881. The standard InChI is InChI=1S/C40H24NOP/c42-43(27-12-2-1-3-13-27)36-19-7-5-15-33(36)39-37(43)23-22-32-29-14-4-6-18-35(29)41(40(32)39)26-20-21-28-30-16-8-10-25-11-9-17-31(38(25)30)34(28)24-26/h1-24H. The maximum Gasteiger partial charge on any atom is 0.172 e. The first-order valence-corrected chi connectivity index (χ1v) is 16.4. The number of rotatable bonds is 2. The highest BCUT2D eigenvalue weighted by molar-refractivity contribution is 7.86. The van der Waals surface area contributed by atoms with Crippen LogP contribution in [0.4, 0.5) is 0 Å². The fraction of sp³-hybridized carbons (Fsp3) is 0. The van der Waals surface area contributed by atoms with Crippen molar-refractivity contribution in [1.29, 1.82) is 0 Å². The van der Waals surface area contributed by atoms with Gasteiger partial charge in [0.1, 0.15) is 0 Å². The lowest BCUT2D eigenvalue weighted by atomic mass is 10.0. The molecule has 10 rings (SSSR count). The predicted octanol–water partition coefficient (Wildman–Crippen LogP) is 9.20. The van der Waals surface area contributed by atoms with E-state index in [0.29, 0.717) is 0 Å². The summed E-state index contributed by atoms with van der Waals surface area (Å²) in [6.45, 7) is 0. The summed E-state index contributed by atoms with van der Waals surface area (Å²) >= 11 is 0. The number of nitrogens with zero attached hydrogens (tertiary/aromatic N) is 1. The zero-order chi connectivity index (χ0) is 28.3.